The Morgan fingerprint density at radius 3 is 2.43 bits per heavy atom. The van der Waals surface area contributed by atoms with Crippen LogP contribution in [0.1, 0.15) is 5.76 Å². The van der Waals surface area contributed by atoms with Crippen molar-refractivity contribution in [2.75, 3.05) is 5.32 Å². The van der Waals surface area contributed by atoms with Gasteiger partial charge >= 0.3 is 0 Å². The van der Waals surface area contributed by atoms with Crippen LogP contribution < -0.4 is 10.6 Å². The molecule has 0 aliphatic carbocycles. The molecule has 0 unspecified atom stereocenters. The molecule has 3 aromatic rings. The van der Waals surface area contributed by atoms with Gasteiger partial charge in [-0.1, -0.05) is 30.3 Å². The molecule has 3 rings (SSSR count). The molecular formula is C20H14Br2N2O3S. The maximum absolute atomic E-state index is 12.1. The molecule has 0 fully saturated rings. The molecule has 5 nitrogen and oxygen atoms in total. The fourth-order valence-corrected chi connectivity index (χ4v) is 3.72. The van der Waals surface area contributed by atoms with Crippen LogP contribution in [0.3, 0.4) is 0 Å². The van der Waals surface area contributed by atoms with Crippen molar-refractivity contribution in [1.82, 2.24) is 5.32 Å². The second kappa shape index (κ2) is 9.18. The molecule has 1 amide bonds. The molecule has 8 heteroatoms. The minimum Gasteiger partial charge on any atom is -0.506 e. The molecule has 142 valence electrons. The van der Waals surface area contributed by atoms with E-state index in [1.165, 1.54) is 6.08 Å². The van der Waals surface area contributed by atoms with Crippen molar-refractivity contribution in [3.05, 3.63) is 75.4 Å². The van der Waals surface area contributed by atoms with Gasteiger partial charge in [0.2, 0.25) is 5.91 Å². The van der Waals surface area contributed by atoms with Crippen LogP contribution in [0, 0.1) is 0 Å². The lowest BCUT2D eigenvalue weighted by molar-refractivity contribution is -0.115. The van der Waals surface area contributed by atoms with E-state index in [2.05, 4.69) is 42.5 Å². The molecule has 0 atom stereocenters. The fraction of sp³-hybridized carbons (Fsp3) is 0. The molecule has 0 aliphatic rings. The van der Waals surface area contributed by atoms with E-state index >= 15 is 0 Å². The second-order valence-electron chi connectivity index (χ2n) is 5.63. The number of rotatable bonds is 4. The molecule has 0 spiro atoms. The van der Waals surface area contributed by atoms with Gasteiger partial charge in [0.25, 0.3) is 0 Å². The number of benzene rings is 2. The van der Waals surface area contributed by atoms with Gasteiger partial charge in [0, 0.05) is 17.3 Å². The molecule has 0 saturated carbocycles. The van der Waals surface area contributed by atoms with E-state index in [1.54, 1.807) is 24.3 Å². The van der Waals surface area contributed by atoms with Crippen molar-refractivity contribution in [2.45, 2.75) is 0 Å². The van der Waals surface area contributed by atoms with E-state index in [1.807, 2.05) is 36.4 Å². The van der Waals surface area contributed by atoms with Gasteiger partial charge in [0.15, 0.2) is 5.11 Å². The Labute approximate surface area is 183 Å². The second-order valence-corrected chi connectivity index (χ2v) is 7.75. The molecule has 3 N–H and O–H groups in total. The van der Waals surface area contributed by atoms with Crippen LogP contribution in [0.5, 0.6) is 5.75 Å². The van der Waals surface area contributed by atoms with Crippen LogP contribution in [-0.2, 0) is 4.79 Å². The van der Waals surface area contributed by atoms with Gasteiger partial charge in [-0.3, -0.25) is 10.1 Å². The Morgan fingerprint density at radius 1 is 1.07 bits per heavy atom. The number of phenols is 1. The third-order valence-corrected chi connectivity index (χ3v) is 5.01. The molecule has 0 radical (unpaired) electrons. The number of anilines is 1. The molecule has 0 aliphatic heterocycles. The minimum absolute atomic E-state index is 0.0803. The summed E-state index contributed by atoms with van der Waals surface area (Å²) in [6.45, 7) is 0. The zero-order chi connectivity index (χ0) is 20.1. The number of furan rings is 1. The van der Waals surface area contributed by atoms with Gasteiger partial charge in [-0.05, 0) is 74.4 Å². The van der Waals surface area contributed by atoms with Crippen LogP contribution in [0.4, 0.5) is 5.69 Å². The Balaban J connectivity index is 1.58. The number of hydrogen-bond acceptors (Lipinski definition) is 4. The lowest BCUT2D eigenvalue weighted by Crippen LogP contribution is -2.32. The molecule has 1 aromatic heterocycles. The molecule has 1 heterocycles. The number of halogens is 2. The maximum Gasteiger partial charge on any atom is 0.250 e. The first-order valence-electron chi connectivity index (χ1n) is 8.05. The van der Waals surface area contributed by atoms with E-state index in [0.717, 1.165) is 11.3 Å². The van der Waals surface area contributed by atoms with E-state index in [0.29, 0.717) is 20.4 Å². The first-order chi connectivity index (χ1) is 13.4. The smallest absolute Gasteiger partial charge is 0.250 e. The first kappa shape index (κ1) is 20.3. The van der Waals surface area contributed by atoms with Crippen molar-refractivity contribution in [3.8, 4) is 17.1 Å². The number of phenolic OH excluding ortho intramolecular Hbond substituents is 1. The topological polar surface area (TPSA) is 74.5 Å². The number of aromatic hydroxyl groups is 1. The highest BCUT2D eigenvalue weighted by Crippen LogP contribution is 2.35. The van der Waals surface area contributed by atoms with Crippen molar-refractivity contribution < 1.29 is 14.3 Å². The van der Waals surface area contributed by atoms with Gasteiger partial charge in [0.1, 0.15) is 17.3 Å². The standard InChI is InChI=1S/C20H14Br2N2O3S/c21-15-10-13(11-16(22)19(15)26)23-20(28)24-18(25)9-7-14-6-8-17(27-14)12-4-2-1-3-5-12/h1-11,26H,(H2,23,24,25,28)/b9-7+. The molecule has 0 bridgehead atoms. The fourth-order valence-electron chi connectivity index (χ4n) is 2.31. The van der Waals surface area contributed by atoms with Crippen molar-refractivity contribution >= 4 is 66.9 Å². The van der Waals surface area contributed by atoms with Gasteiger partial charge < -0.3 is 14.8 Å². The lowest BCUT2D eigenvalue weighted by Gasteiger charge is -2.10. The number of hydrogen-bond donors (Lipinski definition) is 3. The predicted molar refractivity (Wildman–Crippen MR) is 121 cm³/mol. The number of thiocarbonyl (C=S) groups is 1. The highest BCUT2D eigenvalue weighted by atomic mass is 79.9. The highest BCUT2D eigenvalue weighted by Gasteiger charge is 2.08. The largest absolute Gasteiger partial charge is 0.506 e. The van der Waals surface area contributed by atoms with Crippen LogP contribution >= 0.6 is 44.1 Å². The third kappa shape index (κ3) is 5.31. The Bertz CT molecular complexity index is 1030. The summed E-state index contributed by atoms with van der Waals surface area (Å²) in [5.41, 5.74) is 1.56. The lowest BCUT2D eigenvalue weighted by atomic mass is 10.2. The number of amides is 1. The average Bonchev–Trinajstić information content (AvgIpc) is 3.14. The zero-order valence-corrected chi connectivity index (χ0v) is 18.3. The third-order valence-electron chi connectivity index (χ3n) is 3.60. The summed E-state index contributed by atoms with van der Waals surface area (Å²) >= 11 is 11.6. The summed E-state index contributed by atoms with van der Waals surface area (Å²) in [6.07, 6.45) is 2.91. The van der Waals surface area contributed by atoms with Gasteiger partial charge in [0.05, 0.1) is 8.95 Å². The maximum atomic E-state index is 12.1. The summed E-state index contributed by atoms with van der Waals surface area (Å²) in [7, 11) is 0. The number of carbonyl (C=O) groups excluding carboxylic acids is 1. The van der Waals surface area contributed by atoms with Crippen LogP contribution in [-0.4, -0.2) is 16.1 Å². The summed E-state index contributed by atoms with van der Waals surface area (Å²) in [5, 5.41) is 15.3. The first-order valence-corrected chi connectivity index (χ1v) is 10.0. The number of carbonyl (C=O) groups is 1. The predicted octanol–water partition coefficient (Wildman–Crippen LogP) is 5.70. The van der Waals surface area contributed by atoms with Gasteiger partial charge in [-0.15, -0.1) is 0 Å². The quantitative estimate of drug-likeness (QED) is 0.233. The number of nitrogens with one attached hydrogen (secondary N) is 2. The normalized spacial score (nSPS) is 10.8. The molecule has 28 heavy (non-hydrogen) atoms. The highest BCUT2D eigenvalue weighted by molar-refractivity contribution is 9.11. The van der Waals surface area contributed by atoms with Crippen molar-refractivity contribution in [1.29, 1.82) is 0 Å². The van der Waals surface area contributed by atoms with Crippen molar-refractivity contribution in [3.63, 3.8) is 0 Å². The van der Waals surface area contributed by atoms with Crippen LogP contribution in [0.2, 0.25) is 0 Å². The Morgan fingerprint density at radius 2 is 1.75 bits per heavy atom. The van der Waals surface area contributed by atoms with E-state index in [-0.39, 0.29) is 10.9 Å². The van der Waals surface area contributed by atoms with Gasteiger partial charge in [-0.25, -0.2) is 0 Å². The van der Waals surface area contributed by atoms with Crippen LogP contribution in [0.25, 0.3) is 17.4 Å². The van der Waals surface area contributed by atoms with E-state index in [4.69, 9.17) is 16.6 Å². The van der Waals surface area contributed by atoms with Gasteiger partial charge in [-0.2, -0.15) is 0 Å². The average molecular weight is 522 g/mol. The Kier molecular flexibility index (Phi) is 6.66. The van der Waals surface area contributed by atoms with E-state index < -0.39 is 5.91 Å². The zero-order valence-electron chi connectivity index (χ0n) is 14.3. The minimum atomic E-state index is -0.396. The summed E-state index contributed by atoms with van der Waals surface area (Å²) in [5.74, 6) is 0.962. The summed E-state index contributed by atoms with van der Waals surface area (Å²) in [4.78, 5) is 12.1. The van der Waals surface area contributed by atoms with Crippen LogP contribution in [0.15, 0.2) is 74.0 Å². The van der Waals surface area contributed by atoms with Crippen molar-refractivity contribution in [2.24, 2.45) is 0 Å². The monoisotopic (exact) mass is 520 g/mol. The molecule has 0 saturated heterocycles. The molecule has 2 aromatic carbocycles. The SMILES string of the molecule is O=C(/C=C/c1ccc(-c2ccccc2)o1)NC(=S)Nc1cc(Br)c(O)c(Br)c1. The Hall–Kier alpha value is -2.42. The summed E-state index contributed by atoms with van der Waals surface area (Å²) < 4.78 is 6.69. The summed E-state index contributed by atoms with van der Waals surface area (Å²) in [6, 6.07) is 16.6. The van der Waals surface area contributed by atoms with E-state index in [9.17, 15) is 9.90 Å². The molecular weight excluding hydrogens is 508 g/mol.